The highest BCUT2D eigenvalue weighted by atomic mass is 16.3. The summed E-state index contributed by atoms with van der Waals surface area (Å²) < 4.78 is 2.22. The molecule has 1 aliphatic rings. The number of amides is 1. The van der Waals surface area contributed by atoms with Crippen molar-refractivity contribution in [2.75, 3.05) is 10.6 Å². The molecule has 0 radical (unpaired) electrons. The van der Waals surface area contributed by atoms with Crippen LogP contribution in [0.4, 0.5) is 17.5 Å². The van der Waals surface area contributed by atoms with Crippen LogP contribution in [0.2, 0.25) is 0 Å². The van der Waals surface area contributed by atoms with Crippen molar-refractivity contribution >= 4 is 34.3 Å². The van der Waals surface area contributed by atoms with Gasteiger partial charge in [0.25, 0.3) is 5.91 Å². The van der Waals surface area contributed by atoms with Gasteiger partial charge in [-0.1, -0.05) is 31.0 Å². The number of phenolic OH excluding ortho intramolecular Hbond substituents is 1. The van der Waals surface area contributed by atoms with Crippen LogP contribution in [-0.2, 0) is 13.0 Å². The minimum Gasteiger partial charge on any atom is -0.508 e. The first-order valence-corrected chi connectivity index (χ1v) is 12.8. The topological polar surface area (TPSA) is 144 Å². The molecule has 1 amide bonds. The molecule has 0 bridgehead atoms. The second-order valence-electron chi connectivity index (χ2n) is 9.66. The summed E-state index contributed by atoms with van der Waals surface area (Å²) in [4.78, 5) is 21.1. The Morgan fingerprint density at radius 3 is 2.70 bits per heavy atom. The first-order chi connectivity index (χ1) is 18.0. The Balaban J connectivity index is 1.34. The Morgan fingerprint density at radius 1 is 1.11 bits per heavy atom. The average Bonchev–Trinajstić information content (AvgIpc) is 3.31. The van der Waals surface area contributed by atoms with E-state index in [2.05, 4.69) is 43.5 Å². The molecule has 2 aromatic heterocycles. The minimum atomic E-state index is -0.595. The number of aromatic nitrogens is 3. The zero-order valence-corrected chi connectivity index (χ0v) is 20.7. The van der Waals surface area contributed by atoms with Gasteiger partial charge in [-0.25, -0.2) is 4.98 Å². The Morgan fingerprint density at radius 2 is 1.92 bits per heavy atom. The zero-order chi connectivity index (χ0) is 25.8. The zero-order valence-electron chi connectivity index (χ0n) is 20.7. The maximum atomic E-state index is 12.1. The van der Waals surface area contributed by atoms with Crippen LogP contribution < -0.4 is 22.1 Å². The molecular weight excluding hydrogens is 466 g/mol. The van der Waals surface area contributed by atoms with E-state index in [1.807, 2.05) is 24.3 Å². The summed E-state index contributed by atoms with van der Waals surface area (Å²) in [6, 6.07) is 15.6. The number of fused-ring (bicyclic) bond motifs is 1. The molecule has 5 rings (SSSR count). The van der Waals surface area contributed by atoms with E-state index in [0.717, 1.165) is 61.7 Å². The fourth-order valence-corrected chi connectivity index (χ4v) is 5.00. The van der Waals surface area contributed by atoms with Crippen LogP contribution in [0.15, 0.2) is 60.9 Å². The van der Waals surface area contributed by atoms with Gasteiger partial charge in [-0.3, -0.25) is 4.79 Å². The van der Waals surface area contributed by atoms with Crippen molar-refractivity contribution in [1.29, 1.82) is 0 Å². The van der Waals surface area contributed by atoms with Gasteiger partial charge < -0.3 is 31.8 Å². The molecule has 192 valence electrons. The number of carbonyl (C=O) groups is 1. The highest BCUT2D eigenvalue weighted by Crippen LogP contribution is 2.29. The summed E-state index contributed by atoms with van der Waals surface area (Å²) in [5, 5.41) is 17.2. The van der Waals surface area contributed by atoms with E-state index in [1.54, 1.807) is 12.1 Å². The number of nitrogens with zero attached hydrogens (tertiary/aromatic N) is 3. The Kier molecular flexibility index (Phi) is 7.23. The number of aryl methyl sites for hydroxylation is 2. The first-order valence-electron chi connectivity index (χ1n) is 12.8. The number of carbonyl (C=O) groups excluding carboxylic acids is 1. The molecule has 7 N–H and O–H groups in total. The van der Waals surface area contributed by atoms with E-state index in [0.29, 0.717) is 11.8 Å². The molecule has 2 aromatic carbocycles. The van der Waals surface area contributed by atoms with E-state index in [4.69, 9.17) is 11.5 Å². The van der Waals surface area contributed by atoms with E-state index in [-0.39, 0.29) is 23.4 Å². The van der Waals surface area contributed by atoms with Crippen molar-refractivity contribution < 1.29 is 9.90 Å². The van der Waals surface area contributed by atoms with Crippen molar-refractivity contribution in [2.24, 2.45) is 11.5 Å². The van der Waals surface area contributed by atoms with Gasteiger partial charge in [-0.2, -0.15) is 4.98 Å². The number of rotatable bonds is 9. The van der Waals surface area contributed by atoms with Crippen molar-refractivity contribution in [3.63, 3.8) is 0 Å². The summed E-state index contributed by atoms with van der Waals surface area (Å²) >= 11 is 0. The van der Waals surface area contributed by atoms with Crippen molar-refractivity contribution in [1.82, 2.24) is 14.5 Å². The Bertz CT molecular complexity index is 1380. The van der Waals surface area contributed by atoms with Crippen LogP contribution in [0.5, 0.6) is 5.75 Å². The first kappa shape index (κ1) is 24.6. The van der Waals surface area contributed by atoms with Crippen LogP contribution in [0.25, 0.3) is 10.9 Å². The monoisotopic (exact) mass is 499 g/mol. The molecule has 1 aliphatic carbocycles. The molecule has 2 atom stereocenters. The second kappa shape index (κ2) is 10.9. The molecule has 1 saturated carbocycles. The lowest BCUT2D eigenvalue weighted by Crippen LogP contribution is -2.43. The number of nitrogens with one attached hydrogen (secondary N) is 2. The smallest absolute Gasteiger partial charge is 0.254 e. The number of hydrogen-bond donors (Lipinski definition) is 5. The summed E-state index contributed by atoms with van der Waals surface area (Å²) in [6.45, 7) is 0.851. The fraction of sp³-hybridized carbons (Fsp3) is 0.321. The summed E-state index contributed by atoms with van der Waals surface area (Å²) in [6.07, 6.45) is 9.59. The molecule has 9 heteroatoms. The van der Waals surface area contributed by atoms with Gasteiger partial charge in [-0.15, -0.1) is 0 Å². The highest BCUT2D eigenvalue weighted by molar-refractivity contribution is 6.00. The molecule has 2 heterocycles. The SMILES string of the molecule is NC(=O)c1cnc(N[C@@H]2CCCC[C@@H]2N)nc1Nc1cccc2c1ccn2CCCc1ccc(O)cc1. The van der Waals surface area contributed by atoms with Gasteiger partial charge in [0.2, 0.25) is 5.95 Å². The molecular formula is C28H33N7O2. The predicted octanol–water partition coefficient (Wildman–Crippen LogP) is 4.29. The third-order valence-electron chi connectivity index (χ3n) is 7.06. The molecule has 0 saturated heterocycles. The van der Waals surface area contributed by atoms with Crippen LogP contribution in [-0.4, -0.2) is 37.6 Å². The number of phenols is 1. The highest BCUT2D eigenvalue weighted by Gasteiger charge is 2.23. The third kappa shape index (κ3) is 5.67. The van der Waals surface area contributed by atoms with Crippen molar-refractivity contribution in [3.8, 4) is 5.75 Å². The van der Waals surface area contributed by atoms with Gasteiger partial charge in [0.15, 0.2) is 0 Å². The number of benzene rings is 2. The lowest BCUT2D eigenvalue weighted by molar-refractivity contribution is 0.100. The average molecular weight is 500 g/mol. The van der Waals surface area contributed by atoms with E-state index < -0.39 is 5.91 Å². The van der Waals surface area contributed by atoms with Crippen LogP contribution >= 0.6 is 0 Å². The van der Waals surface area contributed by atoms with Crippen molar-refractivity contribution in [3.05, 3.63) is 72.1 Å². The Labute approximate surface area is 215 Å². The van der Waals surface area contributed by atoms with Crippen molar-refractivity contribution in [2.45, 2.75) is 57.2 Å². The number of nitrogens with two attached hydrogens (primary N) is 2. The molecule has 37 heavy (non-hydrogen) atoms. The maximum absolute atomic E-state index is 12.1. The third-order valence-corrected chi connectivity index (χ3v) is 7.06. The Hall–Kier alpha value is -4.11. The molecule has 0 aliphatic heterocycles. The van der Waals surface area contributed by atoms with Crippen LogP contribution in [0.3, 0.4) is 0 Å². The maximum Gasteiger partial charge on any atom is 0.254 e. The van der Waals surface area contributed by atoms with Gasteiger partial charge in [0.1, 0.15) is 17.1 Å². The van der Waals surface area contributed by atoms with Gasteiger partial charge in [0, 0.05) is 42.1 Å². The second-order valence-corrected chi connectivity index (χ2v) is 9.66. The standard InChI is InChI=1S/C28H33N7O2/c29-22-6-1-2-7-24(22)33-28-31-17-21(26(30)37)27(34-28)32-23-8-3-9-25-20(23)14-16-35(25)15-4-5-18-10-12-19(36)13-11-18/h3,8-14,16-17,22,24,36H,1-2,4-7,15,29H2,(H2,30,37)(H2,31,32,33,34)/t22-,24+/m0/s1. The van der Waals surface area contributed by atoms with Gasteiger partial charge in [0.05, 0.1) is 5.52 Å². The normalized spacial score (nSPS) is 17.5. The summed E-state index contributed by atoms with van der Waals surface area (Å²) in [5.74, 6) is 0.474. The lowest BCUT2D eigenvalue weighted by Gasteiger charge is -2.29. The minimum absolute atomic E-state index is 0.0483. The number of hydrogen-bond acceptors (Lipinski definition) is 7. The quantitative estimate of drug-likeness (QED) is 0.231. The van der Waals surface area contributed by atoms with Gasteiger partial charge in [-0.05, 0) is 61.6 Å². The van der Waals surface area contributed by atoms with Gasteiger partial charge >= 0.3 is 0 Å². The summed E-state index contributed by atoms with van der Waals surface area (Å²) in [7, 11) is 0. The van der Waals surface area contributed by atoms with E-state index in [9.17, 15) is 9.90 Å². The van der Waals surface area contributed by atoms with Crippen LogP contribution in [0.1, 0.15) is 48.0 Å². The van der Waals surface area contributed by atoms with E-state index in [1.165, 1.54) is 11.8 Å². The largest absolute Gasteiger partial charge is 0.508 e. The predicted molar refractivity (Wildman–Crippen MR) is 146 cm³/mol. The number of primary amides is 1. The van der Waals surface area contributed by atoms with E-state index >= 15 is 0 Å². The van der Waals surface area contributed by atoms with Crippen LogP contribution in [0, 0.1) is 0 Å². The lowest BCUT2D eigenvalue weighted by atomic mass is 9.91. The molecule has 0 unspecified atom stereocenters. The number of anilines is 3. The number of aromatic hydroxyl groups is 1. The summed E-state index contributed by atoms with van der Waals surface area (Å²) in [5.41, 5.74) is 15.2. The fourth-order valence-electron chi connectivity index (χ4n) is 5.00. The molecule has 4 aromatic rings. The molecule has 0 spiro atoms. The molecule has 1 fully saturated rings. The molecule has 9 nitrogen and oxygen atoms in total.